The number of pyridine rings is 1. The summed E-state index contributed by atoms with van der Waals surface area (Å²) in [5.74, 6) is -0.923. The van der Waals surface area contributed by atoms with Gasteiger partial charge in [0.15, 0.2) is 5.69 Å². The molecule has 0 aliphatic rings. The van der Waals surface area contributed by atoms with Crippen LogP contribution in [0.2, 0.25) is 0 Å². The zero-order valence-electron chi connectivity index (χ0n) is 10.3. The van der Waals surface area contributed by atoms with Crippen molar-refractivity contribution in [2.75, 3.05) is 0 Å². The molecule has 0 radical (unpaired) electrons. The molecular formula is C14H12FNO3. The lowest BCUT2D eigenvalue weighted by Crippen LogP contribution is -2.07. The van der Waals surface area contributed by atoms with Gasteiger partial charge in [-0.05, 0) is 36.8 Å². The van der Waals surface area contributed by atoms with Gasteiger partial charge in [-0.25, -0.2) is 14.2 Å². The van der Waals surface area contributed by atoms with Crippen molar-refractivity contribution in [1.29, 1.82) is 0 Å². The lowest BCUT2D eigenvalue weighted by atomic mass is 10.2. The van der Waals surface area contributed by atoms with Crippen LogP contribution in [0.3, 0.4) is 0 Å². The molecule has 1 N–H and O–H groups in total. The standard InChI is InChI=1S/C14H12FNO3/c1-9-7-11(4-5-12(9)15)19-8-10-3-2-6-16-13(10)14(17)18/h2-7H,8H2,1H3,(H,17,18). The van der Waals surface area contributed by atoms with Crippen LogP contribution in [0.4, 0.5) is 4.39 Å². The van der Waals surface area contributed by atoms with E-state index in [0.717, 1.165) is 0 Å². The lowest BCUT2D eigenvalue weighted by molar-refractivity contribution is 0.0687. The highest BCUT2D eigenvalue weighted by molar-refractivity contribution is 5.86. The third-order valence-electron chi connectivity index (χ3n) is 2.62. The Morgan fingerprint density at radius 1 is 1.42 bits per heavy atom. The Labute approximate surface area is 109 Å². The summed E-state index contributed by atoms with van der Waals surface area (Å²) in [6.07, 6.45) is 1.41. The average molecular weight is 261 g/mol. The molecule has 0 spiro atoms. The normalized spacial score (nSPS) is 10.2. The molecule has 0 aliphatic carbocycles. The maximum absolute atomic E-state index is 13.1. The van der Waals surface area contributed by atoms with Crippen molar-refractivity contribution in [3.05, 3.63) is 59.2 Å². The number of nitrogens with zero attached hydrogens (tertiary/aromatic N) is 1. The molecule has 0 amide bonds. The van der Waals surface area contributed by atoms with Gasteiger partial charge in [0, 0.05) is 11.8 Å². The molecule has 2 rings (SSSR count). The van der Waals surface area contributed by atoms with Gasteiger partial charge in [-0.15, -0.1) is 0 Å². The zero-order valence-corrected chi connectivity index (χ0v) is 10.3. The van der Waals surface area contributed by atoms with Gasteiger partial charge in [0.05, 0.1) is 0 Å². The fraction of sp³-hybridized carbons (Fsp3) is 0.143. The van der Waals surface area contributed by atoms with Crippen LogP contribution in [0.1, 0.15) is 21.6 Å². The number of hydrogen-bond acceptors (Lipinski definition) is 3. The SMILES string of the molecule is Cc1cc(OCc2cccnc2C(=O)O)ccc1F. The summed E-state index contributed by atoms with van der Waals surface area (Å²) in [5, 5.41) is 8.98. The third kappa shape index (κ3) is 3.07. The first-order valence-electron chi connectivity index (χ1n) is 5.64. The fourth-order valence-electron chi connectivity index (χ4n) is 1.62. The number of carboxylic acids is 1. The van der Waals surface area contributed by atoms with Crippen LogP contribution in [0.25, 0.3) is 0 Å². The topological polar surface area (TPSA) is 59.4 Å². The monoisotopic (exact) mass is 261 g/mol. The van der Waals surface area contributed by atoms with E-state index in [0.29, 0.717) is 16.9 Å². The van der Waals surface area contributed by atoms with Crippen LogP contribution in [-0.4, -0.2) is 16.1 Å². The van der Waals surface area contributed by atoms with E-state index in [9.17, 15) is 9.18 Å². The first-order chi connectivity index (χ1) is 9.08. The Balaban J connectivity index is 2.14. The Morgan fingerprint density at radius 3 is 2.89 bits per heavy atom. The number of carbonyl (C=O) groups is 1. The minimum Gasteiger partial charge on any atom is -0.489 e. The van der Waals surface area contributed by atoms with E-state index in [2.05, 4.69) is 4.98 Å². The number of aromatic nitrogens is 1. The Hall–Kier alpha value is -2.43. The van der Waals surface area contributed by atoms with Crippen LogP contribution in [-0.2, 0) is 6.61 Å². The maximum atomic E-state index is 13.1. The van der Waals surface area contributed by atoms with Gasteiger partial charge in [-0.2, -0.15) is 0 Å². The summed E-state index contributed by atoms with van der Waals surface area (Å²) in [5.41, 5.74) is 0.903. The number of ether oxygens (including phenoxy) is 1. The van der Waals surface area contributed by atoms with E-state index in [4.69, 9.17) is 9.84 Å². The first-order valence-corrected chi connectivity index (χ1v) is 5.64. The second-order valence-corrected chi connectivity index (χ2v) is 4.02. The molecule has 0 saturated carbocycles. The number of halogens is 1. The number of aromatic carboxylic acids is 1. The molecule has 0 fully saturated rings. The molecular weight excluding hydrogens is 249 g/mol. The Bertz CT molecular complexity index is 613. The van der Waals surface area contributed by atoms with Crippen molar-refractivity contribution in [3.63, 3.8) is 0 Å². The van der Waals surface area contributed by atoms with E-state index < -0.39 is 5.97 Å². The minimum absolute atomic E-state index is 0.0404. The van der Waals surface area contributed by atoms with E-state index in [-0.39, 0.29) is 18.1 Å². The molecule has 0 bridgehead atoms. The highest BCUT2D eigenvalue weighted by Crippen LogP contribution is 2.18. The fourth-order valence-corrected chi connectivity index (χ4v) is 1.62. The summed E-state index contributed by atoms with van der Waals surface area (Å²) >= 11 is 0. The zero-order chi connectivity index (χ0) is 13.8. The van der Waals surface area contributed by atoms with Crippen LogP contribution in [0, 0.1) is 12.7 Å². The van der Waals surface area contributed by atoms with Crippen molar-refractivity contribution in [2.45, 2.75) is 13.5 Å². The van der Waals surface area contributed by atoms with Crippen molar-refractivity contribution < 1.29 is 19.0 Å². The van der Waals surface area contributed by atoms with Crippen molar-refractivity contribution in [1.82, 2.24) is 4.98 Å². The predicted molar refractivity (Wildman–Crippen MR) is 66.7 cm³/mol. The third-order valence-corrected chi connectivity index (χ3v) is 2.62. The molecule has 1 aromatic carbocycles. The van der Waals surface area contributed by atoms with Crippen molar-refractivity contribution >= 4 is 5.97 Å². The van der Waals surface area contributed by atoms with Gasteiger partial charge in [0.25, 0.3) is 0 Å². The van der Waals surface area contributed by atoms with Gasteiger partial charge in [0.1, 0.15) is 18.2 Å². The summed E-state index contributed by atoms with van der Waals surface area (Å²) in [6.45, 7) is 1.70. The van der Waals surface area contributed by atoms with E-state index in [1.807, 2.05) is 0 Å². The quantitative estimate of drug-likeness (QED) is 0.919. The summed E-state index contributed by atoms with van der Waals surface area (Å²) in [4.78, 5) is 14.7. The molecule has 0 aliphatic heterocycles. The molecule has 19 heavy (non-hydrogen) atoms. The first kappa shape index (κ1) is 13.0. The molecule has 1 aromatic heterocycles. The maximum Gasteiger partial charge on any atom is 0.354 e. The second-order valence-electron chi connectivity index (χ2n) is 4.02. The predicted octanol–water partition coefficient (Wildman–Crippen LogP) is 2.81. The average Bonchev–Trinajstić information content (AvgIpc) is 2.40. The molecule has 0 unspecified atom stereocenters. The number of benzene rings is 1. The number of rotatable bonds is 4. The number of carboxylic acid groups (broad SMARTS) is 1. The van der Waals surface area contributed by atoms with Gasteiger partial charge >= 0.3 is 5.97 Å². The largest absolute Gasteiger partial charge is 0.489 e. The van der Waals surface area contributed by atoms with Crippen molar-refractivity contribution in [2.24, 2.45) is 0 Å². The number of hydrogen-bond donors (Lipinski definition) is 1. The van der Waals surface area contributed by atoms with Gasteiger partial charge in [-0.1, -0.05) is 6.07 Å². The molecule has 0 atom stereocenters. The second kappa shape index (κ2) is 5.48. The van der Waals surface area contributed by atoms with Crippen LogP contribution < -0.4 is 4.74 Å². The summed E-state index contributed by atoms with van der Waals surface area (Å²) < 4.78 is 18.5. The summed E-state index contributed by atoms with van der Waals surface area (Å²) in [6, 6.07) is 7.64. The van der Waals surface area contributed by atoms with E-state index in [1.54, 1.807) is 25.1 Å². The summed E-state index contributed by atoms with van der Waals surface area (Å²) in [7, 11) is 0. The van der Waals surface area contributed by atoms with Crippen LogP contribution >= 0.6 is 0 Å². The van der Waals surface area contributed by atoms with E-state index in [1.165, 1.54) is 18.3 Å². The minimum atomic E-state index is -1.10. The smallest absolute Gasteiger partial charge is 0.354 e. The molecule has 0 saturated heterocycles. The number of aryl methyl sites for hydroxylation is 1. The lowest BCUT2D eigenvalue weighted by Gasteiger charge is -2.08. The highest BCUT2D eigenvalue weighted by atomic mass is 19.1. The molecule has 2 aromatic rings. The van der Waals surface area contributed by atoms with Gasteiger partial charge in [-0.3, -0.25) is 0 Å². The van der Waals surface area contributed by atoms with Crippen LogP contribution in [0.15, 0.2) is 36.5 Å². The molecule has 98 valence electrons. The molecule has 4 nitrogen and oxygen atoms in total. The highest BCUT2D eigenvalue weighted by Gasteiger charge is 2.11. The Kier molecular flexibility index (Phi) is 3.75. The van der Waals surface area contributed by atoms with Gasteiger partial charge < -0.3 is 9.84 Å². The molecule has 5 heteroatoms. The van der Waals surface area contributed by atoms with Gasteiger partial charge in [0.2, 0.25) is 0 Å². The van der Waals surface area contributed by atoms with Crippen LogP contribution in [0.5, 0.6) is 5.75 Å². The van der Waals surface area contributed by atoms with E-state index >= 15 is 0 Å². The van der Waals surface area contributed by atoms with Crippen molar-refractivity contribution in [3.8, 4) is 5.75 Å². The molecule has 1 heterocycles. The Morgan fingerprint density at radius 2 is 2.21 bits per heavy atom.